The molecule has 2 aromatic heterocycles. The van der Waals surface area contributed by atoms with E-state index in [2.05, 4.69) is 28.7 Å². The largest absolute Gasteiger partial charge is 0.348 e. The van der Waals surface area contributed by atoms with E-state index in [4.69, 9.17) is 0 Å². The van der Waals surface area contributed by atoms with Crippen molar-refractivity contribution in [1.82, 2.24) is 20.4 Å². The summed E-state index contributed by atoms with van der Waals surface area (Å²) in [5.41, 5.74) is 2.35. The molecule has 0 spiro atoms. The van der Waals surface area contributed by atoms with Crippen LogP contribution in [-0.2, 0) is 0 Å². The van der Waals surface area contributed by atoms with E-state index < -0.39 is 0 Å². The number of benzene rings is 1. The molecule has 0 radical (unpaired) electrons. The van der Waals surface area contributed by atoms with Gasteiger partial charge in [-0.2, -0.15) is 5.10 Å². The second kappa shape index (κ2) is 7.43. The molecule has 1 fully saturated rings. The minimum absolute atomic E-state index is 0.101. The number of carbonyl (C=O) groups is 1. The van der Waals surface area contributed by atoms with Gasteiger partial charge in [-0.25, -0.2) is 4.68 Å². The number of carbonyl (C=O) groups excluding carboxylic acids is 1. The average molecular weight is 366 g/mol. The minimum Gasteiger partial charge on any atom is -0.348 e. The number of aromatic nitrogens is 2. The average Bonchev–Trinajstić information content (AvgIpc) is 3.34. The SMILES string of the molecule is CC1CNCCC1NC(=O)c1cc(-c2cccs2)n(-c2ccccc2)n1. The highest BCUT2D eigenvalue weighted by Crippen LogP contribution is 2.28. The molecule has 3 aromatic rings. The van der Waals surface area contributed by atoms with Gasteiger partial charge < -0.3 is 10.6 Å². The lowest BCUT2D eigenvalue weighted by Crippen LogP contribution is -2.48. The van der Waals surface area contributed by atoms with Gasteiger partial charge in [-0.05, 0) is 55.1 Å². The molecule has 26 heavy (non-hydrogen) atoms. The molecule has 2 atom stereocenters. The Bertz CT molecular complexity index is 873. The Morgan fingerprint density at radius 2 is 2.12 bits per heavy atom. The van der Waals surface area contributed by atoms with Gasteiger partial charge in [-0.3, -0.25) is 4.79 Å². The summed E-state index contributed by atoms with van der Waals surface area (Å²) < 4.78 is 1.85. The summed E-state index contributed by atoms with van der Waals surface area (Å²) in [5.74, 6) is 0.317. The zero-order valence-electron chi connectivity index (χ0n) is 14.7. The fourth-order valence-electron chi connectivity index (χ4n) is 3.33. The van der Waals surface area contributed by atoms with Crippen LogP contribution >= 0.6 is 11.3 Å². The molecule has 3 heterocycles. The van der Waals surface area contributed by atoms with Gasteiger partial charge in [0, 0.05) is 6.04 Å². The van der Waals surface area contributed by atoms with E-state index >= 15 is 0 Å². The maximum atomic E-state index is 12.8. The zero-order valence-corrected chi connectivity index (χ0v) is 15.5. The summed E-state index contributed by atoms with van der Waals surface area (Å²) in [4.78, 5) is 13.9. The molecule has 0 bridgehead atoms. The van der Waals surface area contributed by atoms with Crippen molar-refractivity contribution in [3.05, 3.63) is 59.6 Å². The monoisotopic (exact) mass is 366 g/mol. The van der Waals surface area contributed by atoms with Gasteiger partial charge in [0.15, 0.2) is 5.69 Å². The molecule has 0 aliphatic carbocycles. The van der Waals surface area contributed by atoms with Crippen LogP contribution in [0.4, 0.5) is 0 Å². The number of nitrogens with one attached hydrogen (secondary N) is 2. The molecule has 5 nitrogen and oxygen atoms in total. The van der Waals surface area contributed by atoms with Crippen LogP contribution in [0, 0.1) is 5.92 Å². The van der Waals surface area contributed by atoms with Crippen LogP contribution in [0.5, 0.6) is 0 Å². The number of nitrogens with zero attached hydrogens (tertiary/aromatic N) is 2. The number of para-hydroxylation sites is 1. The standard InChI is InChI=1S/C20H22N4OS/c1-14-13-21-10-9-16(14)22-20(25)17-12-18(19-8-5-11-26-19)24(23-17)15-6-3-2-4-7-15/h2-8,11-12,14,16,21H,9-10,13H2,1H3,(H,22,25). The van der Waals surface area contributed by atoms with E-state index in [1.54, 1.807) is 11.3 Å². The van der Waals surface area contributed by atoms with Crippen molar-refractivity contribution in [3.8, 4) is 16.3 Å². The van der Waals surface area contributed by atoms with Crippen molar-refractivity contribution in [2.75, 3.05) is 13.1 Å². The topological polar surface area (TPSA) is 58.9 Å². The van der Waals surface area contributed by atoms with Gasteiger partial charge >= 0.3 is 0 Å². The Morgan fingerprint density at radius 1 is 1.27 bits per heavy atom. The first-order valence-electron chi connectivity index (χ1n) is 8.93. The highest BCUT2D eigenvalue weighted by molar-refractivity contribution is 7.13. The molecule has 1 amide bonds. The maximum absolute atomic E-state index is 12.8. The van der Waals surface area contributed by atoms with Crippen molar-refractivity contribution in [2.45, 2.75) is 19.4 Å². The smallest absolute Gasteiger partial charge is 0.272 e. The van der Waals surface area contributed by atoms with Crippen LogP contribution in [0.2, 0.25) is 0 Å². The van der Waals surface area contributed by atoms with Gasteiger partial charge in [-0.15, -0.1) is 11.3 Å². The van der Waals surface area contributed by atoms with Crippen LogP contribution in [-0.4, -0.2) is 34.8 Å². The molecule has 0 saturated carbocycles. The lowest BCUT2D eigenvalue weighted by molar-refractivity contribution is 0.0908. The summed E-state index contributed by atoms with van der Waals surface area (Å²) >= 11 is 1.65. The first kappa shape index (κ1) is 17.0. The Kier molecular flexibility index (Phi) is 4.86. The van der Waals surface area contributed by atoms with Gasteiger partial charge in [0.05, 0.1) is 16.3 Å². The second-order valence-corrected chi connectivity index (χ2v) is 7.64. The highest BCUT2D eigenvalue weighted by atomic mass is 32.1. The van der Waals surface area contributed by atoms with Crippen molar-refractivity contribution < 1.29 is 4.79 Å². The molecule has 1 aliphatic rings. The van der Waals surface area contributed by atoms with Crippen LogP contribution in [0.1, 0.15) is 23.8 Å². The minimum atomic E-state index is -0.101. The summed E-state index contributed by atoms with van der Waals surface area (Å²) in [5, 5.41) is 13.2. The molecule has 1 saturated heterocycles. The number of amides is 1. The van der Waals surface area contributed by atoms with Gasteiger partial charge in [-0.1, -0.05) is 31.2 Å². The fraction of sp³-hybridized carbons (Fsp3) is 0.300. The molecule has 4 rings (SSSR count). The van der Waals surface area contributed by atoms with Crippen molar-refractivity contribution in [3.63, 3.8) is 0 Å². The van der Waals surface area contributed by atoms with Crippen LogP contribution < -0.4 is 10.6 Å². The lowest BCUT2D eigenvalue weighted by Gasteiger charge is -2.29. The Balaban J connectivity index is 1.66. The van der Waals surface area contributed by atoms with Crippen LogP contribution in [0.15, 0.2) is 53.9 Å². The van der Waals surface area contributed by atoms with Crippen LogP contribution in [0.3, 0.4) is 0 Å². The number of hydrogen-bond donors (Lipinski definition) is 2. The molecular weight excluding hydrogens is 344 g/mol. The lowest BCUT2D eigenvalue weighted by atomic mass is 9.95. The summed E-state index contributed by atoms with van der Waals surface area (Å²) in [6, 6.07) is 16.1. The van der Waals surface area contributed by atoms with Crippen molar-refractivity contribution in [2.24, 2.45) is 5.92 Å². The number of hydrogen-bond acceptors (Lipinski definition) is 4. The molecule has 2 N–H and O–H groups in total. The third kappa shape index (κ3) is 3.43. The molecular formula is C20H22N4OS. The second-order valence-electron chi connectivity index (χ2n) is 6.69. The normalized spacial score (nSPS) is 20.0. The molecule has 134 valence electrons. The zero-order chi connectivity index (χ0) is 17.9. The molecule has 2 unspecified atom stereocenters. The first-order chi connectivity index (χ1) is 12.7. The Labute approximate surface area is 157 Å². The maximum Gasteiger partial charge on any atom is 0.272 e. The van der Waals surface area contributed by atoms with Gasteiger partial charge in [0.2, 0.25) is 0 Å². The predicted octanol–water partition coefficient (Wildman–Crippen LogP) is 3.33. The quantitative estimate of drug-likeness (QED) is 0.745. The molecule has 1 aromatic carbocycles. The predicted molar refractivity (Wildman–Crippen MR) is 105 cm³/mol. The molecule has 1 aliphatic heterocycles. The molecule has 6 heteroatoms. The van der Waals surface area contributed by atoms with E-state index in [0.29, 0.717) is 11.6 Å². The van der Waals surface area contributed by atoms with E-state index in [9.17, 15) is 4.79 Å². The third-order valence-electron chi connectivity index (χ3n) is 4.82. The van der Waals surface area contributed by atoms with E-state index in [-0.39, 0.29) is 11.9 Å². The van der Waals surface area contributed by atoms with Crippen molar-refractivity contribution in [1.29, 1.82) is 0 Å². The first-order valence-corrected chi connectivity index (χ1v) is 9.81. The summed E-state index contributed by atoms with van der Waals surface area (Å²) in [6.45, 7) is 4.04. The summed E-state index contributed by atoms with van der Waals surface area (Å²) in [7, 11) is 0. The number of piperidine rings is 1. The van der Waals surface area contributed by atoms with E-state index in [0.717, 1.165) is 35.8 Å². The Hall–Kier alpha value is -2.44. The van der Waals surface area contributed by atoms with Crippen LogP contribution in [0.25, 0.3) is 16.3 Å². The fourth-order valence-corrected chi connectivity index (χ4v) is 4.06. The van der Waals surface area contributed by atoms with E-state index in [1.807, 2.05) is 52.5 Å². The summed E-state index contributed by atoms with van der Waals surface area (Å²) in [6.07, 6.45) is 0.948. The van der Waals surface area contributed by atoms with Crippen molar-refractivity contribution >= 4 is 17.2 Å². The number of thiophene rings is 1. The van der Waals surface area contributed by atoms with Gasteiger partial charge in [0.1, 0.15) is 0 Å². The number of rotatable bonds is 4. The van der Waals surface area contributed by atoms with Gasteiger partial charge in [0.25, 0.3) is 5.91 Å². The Morgan fingerprint density at radius 3 is 2.85 bits per heavy atom. The van der Waals surface area contributed by atoms with E-state index in [1.165, 1.54) is 0 Å². The third-order valence-corrected chi connectivity index (χ3v) is 5.71. The highest BCUT2D eigenvalue weighted by Gasteiger charge is 2.25.